The Bertz CT molecular complexity index is 837. The molecule has 0 fully saturated rings. The van der Waals surface area contributed by atoms with Crippen LogP contribution in [0, 0.1) is 0 Å². The van der Waals surface area contributed by atoms with E-state index in [0.717, 1.165) is 6.42 Å². The quantitative estimate of drug-likeness (QED) is 0.420. The summed E-state index contributed by atoms with van der Waals surface area (Å²) in [7, 11) is 0. The summed E-state index contributed by atoms with van der Waals surface area (Å²) >= 11 is 0. The summed E-state index contributed by atoms with van der Waals surface area (Å²) in [4.78, 5) is 27.2. The second-order valence-corrected chi connectivity index (χ2v) is 4.70. The summed E-state index contributed by atoms with van der Waals surface area (Å²) in [6.45, 7) is 1.91. The summed E-state index contributed by atoms with van der Waals surface area (Å²) < 4.78 is 10.9. The summed E-state index contributed by atoms with van der Waals surface area (Å²) in [6.07, 6.45) is 1.10. The molecule has 0 spiro atoms. The van der Waals surface area contributed by atoms with Crippen LogP contribution in [0.4, 0.5) is 0 Å². The first kappa shape index (κ1) is 13.3. The maximum absolute atomic E-state index is 11.5. The Hall–Kier alpha value is -2.69. The number of rotatable bonds is 3. The van der Waals surface area contributed by atoms with Crippen LogP contribution in [0.25, 0.3) is 22.6 Å². The topological polar surface area (TPSA) is 69.4 Å². The Kier molecular flexibility index (Phi) is 3.39. The van der Waals surface area contributed by atoms with Gasteiger partial charge in [-0.3, -0.25) is 9.59 Å². The first-order valence-corrected chi connectivity index (χ1v) is 6.71. The zero-order valence-corrected chi connectivity index (χ0v) is 11.5. The van der Waals surface area contributed by atoms with Gasteiger partial charge in [0.15, 0.2) is 16.8 Å². The van der Waals surface area contributed by atoms with Gasteiger partial charge in [-0.15, -0.1) is 0 Å². The highest BCUT2D eigenvalue weighted by molar-refractivity contribution is 5.79. The summed E-state index contributed by atoms with van der Waals surface area (Å²) in [5.41, 5.74) is 1.57. The number of ether oxygens (including phenoxy) is 1. The molecule has 5 nitrogen and oxygen atoms in total. The Morgan fingerprint density at radius 3 is 2.90 bits per heavy atom. The highest BCUT2D eigenvalue weighted by Gasteiger charge is 2.11. The highest BCUT2D eigenvalue weighted by atomic mass is 16.5. The zero-order valence-electron chi connectivity index (χ0n) is 11.5. The van der Waals surface area contributed by atoms with Crippen LogP contribution in [-0.2, 0) is 4.79 Å². The van der Waals surface area contributed by atoms with Crippen molar-refractivity contribution in [2.75, 3.05) is 0 Å². The SMILES string of the molecule is CCCC(=O)Oc1ccc2nc3ccc(=O)cc-3oc2c1. The largest absolute Gasteiger partial charge is 0.453 e. The smallest absolute Gasteiger partial charge is 0.311 e. The van der Waals surface area contributed by atoms with E-state index in [1.165, 1.54) is 12.1 Å². The lowest BCUT2D eigenvalue weighted by atomic mass is 10.2. The summed E-state index contributed by atoms with van der Waals surface area (Å²) in [5.74, 6) is 0.531. The van der Waals surface area contributed by atoms with Gasteiger partial charge in [0.05, 0.1) is 0 Å². The Labute approximate surface area is 120 Å². The number of fused-ring (bicyclic) bond motifs is 2. The molecule has 5 heteroatoms. The van der Waals surface area contributed by atoms with Gasteiger partial charge in [-0.1, -0.05) is 6.92 Å². The fourth-order valence-corrected chi connectivity index (χ4v) is 2.04. The number of hydrogen-bond acceptors (Lipinski definition) is 5. The first-order chi connectivity index (χ1) is 10.2. The van der Waals surface area contributed by atoms with Crippen LogP contribution < -0.4 is 10.2 Å². The molecule has 1 aliphatic heterocycles. The van der Waals surface area contributed by atoms with E-state index in [1.807, 2.05) is 6.92 Å². The normalized spacial score (nSPS) is 10.9. The Morgan fingerprint density at radius 2 is 2.10 bits per heavy atom. The van der Waals surface area contributed by atoms with Crippen molar-refractivity contribution in [3.63, 3.8) is 0 Å². The second kappa shape index (κ2) is 5.36. The number of aromatic nitrogens is 1. The second-order valence-electron chi connectivity index (χ2n) is 4.70. The van der Waals surface area contributed by atoms with Crippen molar-refractivity contribution in [2.24, 2.45) is 0 Å². The molecule has 1 aliphatic carbocycles. The lowest BCUT2D eigenvalue weighted by Crippen LogP contribution is -2.06. The van der Waals surface area contributed by atoms with E-state index in [2.05, 4.69) is 4.98 Å². The molecule has 0 saturated heterocycles. The van der Waals surface area contributed by atoms with Gasteiger partial charge in [0.2, 0.25) is 0 Å². The molecule has 1 aromatic rings. The van der Waals surface area contributed by atoms with Crippen molar-refractivity contribution in [1.82, 2.24) is 4.98 Å². The van der Waals surface area contributed by atoms with E-state index in [-0.39, 0.29) is 11.4 Å². The predicted molar refractivity (Wildman–Crippen MR) is 77.4 cm³/mol. The minimum atomic E-state index is -0.285. The van der Waals surface area contributed by atoms with Gasteiger partial charge in [0.25, 0.3) is 0 Å². The molecule has 21 heavy (non-hydrogen) atoms. The van der Waals surface area contributed by atoms with Crippen LogP contribution >= 0.6 is 0 Å². The molecule has 0 radical (unpaired) electrons. The molecule has 0 saturated carbocycles. The maximum atomic E-state index is 11.5. The van der Waals surface area contributed by atoms with Gasteiger partial charge in [0, 0.05) is 18.6 Å². The summed E-state index contributed by atoms with van der Waals surface area (Å²) in [6, 6.07) is 9.45. The van der Waals surface area contributed by atoms with Gasteiger partial charge in [-0.05, 0) is 30.7 Å². The Balaban J connectivity index is 2.04. The molecule has 3 rings (SSSR count). The van der Waals surface area contributed by atoms with E-state index in [9.17, 15) is 9.59 Å². The van der Waals surface area contributed by atoms with Crippen molar-refractivity contribution in [2.45, 2.75) is 19.8 Å². The molecular formula is C16H13NO4. The van der Waals surface area contributed by atoms with Crippen LogP contribution in [0.15, 0.2) is 45.6 Å². The molecule has 0 amide bonds. The molecule has 1 heterocycles. The van der Waals surface area contributed by atoms with Crippen LogP contribution in [-0.4, -0.2) is 11.0 Å². The van der Waals surface area contributed by atoms with E-state index in [0.29, 0.717) is 34.7 Å². The van der Waals surface area contributed by atoms with Gasteiger partial charge < -0.3 is 9.15 Å². The van der Waals surface area contributed by atoms with Gasteiger partial charge in [0.1, 0.15) is 17.0 Å². The molecule has 0 aromatic heterocycles. The van der Waals surface area contributed by atoms with Crippen molar-refractivity contribution in [1.29, 1.82) is 0 Å². The van der Waals surface area contributed by atoms with Gasteiger partial charge in [-0.25, -0.2) is 4.98 Å². The van der Waals surface area contributed by atoms with E-state index in [1.54, 1.807) is 24.3 Å². The number of hydrogen-bond donors (Lipinski definition) is 0. The minimum Gasteiger partial charge on any atom is -0.453 e. The highest BCUT2D eigenvalue weighted by Crippen LogP contribution is 2.26. The van der Waals surface area contributed by atoms with Crippen LogP contribution in [0.5, 0.6) is 5.75 Å². The van der Waals surface area contributed by atoms with Crippen molar-refractivity contribution < 1.29 is 13.9 Å². The number of carbonyl (C=O) groups excluding carboxylic acids is 1. The number of carbonyl (C=O) groups is 1. The lowest BCUT2D eigenvalue weighted by molar-refractivity contribution is -0.134. The zero-order chi connectivity index (χ0) is 14.8. The molecule has 0 bridgehead atoms. The predicted octanol–water partition coefficient (Wildman–Crippen LogP) is 3.00. The van der Waals surface area contributed by atoms with Crippen molar-refractivity contribution >= 4 is 17.1 Å². The molecular weight excluding hydrogens is 270 g/mol. The third-order valence-electron chi connectivity index (χ3n) is 3.01. The molecule has 0 N–H and O–H groups in total. The number of esters is 1. The Morgan fingerprint density at radius 1 is 1.24 bits per heavy atom. The average molecular weight is 283 g/mol. The van der Waals surface area contributed by atoms with Crippen molar-refractivity contribution in [3.8, 4) is 17.2 Å². The minimum absolute atomic E-state index is 0.141. The monoisotopic (exact) mass is 283 g/mol. The third kappa shape index (κ3) is 2.76. The number of benzene rings is 2. The lowest BCUT2D eigenvalue weighted by Gasteiger charge is -2.07. The molecule has 106 valence electrons. The van der Waals surface area contributed by atoms with Gasteiger partial charge >= 0.3 is 5.97 Å². The standard InChI is InChI=1S/C16H13NO4/c1-2-3-16(19)20-11-5-7-13-15(9-11)21-14-8-10(18)4-6-12(14)17-13/h4-9H,2-3H2,1H3. The molecule has 0 atom stereocenters. The molecule has 0 unspecified atom stereocenters. The average Bonchev–Trinajstić information content (AvgIpc) is 2.45. The number of nitrogens with zero attached hydrogens (tertiary/aromatic N) is 1. The van der Waals surface area contributed by atoms with E-state index < -0.39 is 0 Å². The fourth-order valence-electron chi connectivity index (χ4n) is 2.04. The molecule has 2 aliphatic rings. The van der Waals surface area contributed by atoms with E-state index in [4.69, 9.17) is 9.15 Å². The van der Waals surface area contributed by atoms with E-state index >= 15 is 0 Å². The third-order valence-corrected chi connectivity index (χ3v) is 3.01. The van der Waals surface area contributed by atoms with Crippen LogP contribution in [0.3, 0.4) is 0 Å². The van der Waals surface area contributed by atoms with Crippen LogP contribution in [0.1, 0.15) is 19.8 Å². The van der Waals surface area contributed by atoms with Gasteiger partial charge in [-0.2, -0.15) is 0 Å². The summed E-state index contributed by atoms with van der Waals surface area (Å²) in [5, 5.41) is 0. The van der Waals surface area contributed by atoms with Crippen molar-refractivity contribution in [3.05, 3.63) is 46.6 Å². The first-order valence-electron chi connectivity index (χ1n) is 6.71. The maximum Gasteiger partial charge on any atom is 0.311 e. The van der Waals surface area contributed by atoms with Crippen LogP contribution in [0.2, 0.25) is 0 Å². The fraction of sp³-hybridized carbons (Fsp3) is 0.188. The molecule has 1 aromatic carbocycles.